The van der Waals surface area contributed by atoms with Gasteiger partial charge in [-0.05, 0) is 41.7 Å². The molecule has 2 unspecified atom stereocenters. The zero-order valence-electron chi connectivity index (χ0n) is 19.0. The minimum Gasteiger partial charge on any atom is -0.493 e. The van der Waals surface area contributed by atoms with Crippen molar-refractivity contribution in [2.24, 2.45) is 5.92 Å². The molecule has 0 aliphatic rings. The summed E-state index contributed by atoms with van der Waals surface area (Å²) in [4.78, 5) is 12.7. The van der Waals surface area contributed by atoms with Crippen LogP contribution in [0.5, 0.6) is 5.75 Å². The molecular weight excluding hydrogens is 400 g/mol. The number of aromatic amines is 1. The molecule has 0 fully saturated rings. The summed E-state index contributed by atoms with van der Waals surface area (Å²) in [7, 11) is 0. The van der Waals surface area contributed by atoms with E-state index in [1.54, 1.807) is 6.20 Å². The monoisotopic (exact) mass is 434 g/mol. The minimum atomic E-state index is -0.154. The summed E-state index contributed by atoms with van der Waals surface area (Å²) in [6, 6.07) is 19.6. The minimum absolute atomic E-state index is 0.00325. The molecule has 1 heterocycles. The largest absolute Gasteiger partial charge is 0.493 e. The SMILES string of the molecule is CCCC(C)COc1ccc(C(CNCc2cc[nH]n2)NC(=O)Cc2ccccc2)cc1. The zero-order valence-corrected chi connectivity index (χ0v) is 19.0. The molecule has 1 aromatic heterocycles. The third-order valence-electron chi connectivity index (χ3n) is 5.35. The van der Waals surface area contributed by atoms with Gasteiger partial charge in [0.2, 0.25) is 5.91 Å². The molecular formula is C26H34N4O2. The lowest BCUT2D eigenvalue weighted by atomic mass is 10.1. The molecule has 0 saturated carbocycles. The van der Waals surface area contributed by atoms with Gasteiger partial charge in [-0.2, -0.15) is 5.10 Å². The van der Waals surface area contributed by atoms with Gasteiger partial charge in [-0.1, -0.05) is 62.7 Å². The lowest BCUT2D eigenvalue weighted by Crippen LogP contribution is -2.36. The first-order valence-corrected chi connectivity index (χ1v) is 11.4. The van der Waals surface area contributed by atoms with E-state index in [1.807, 2.05) is 60.7 Å². The molecule has 0 aliphatic heterocycles. The van der Waals surface area contributed by atoms with Gasteiger partial charge in [-0.15, -0.1) is 0 Å². The van der Waals surface area contributed by atoms with E-state index >= 15 is 0 Å². The average Bonchev–Trinajstić information content (AvgIpc) is 3.32. The molecule has 2 atom stereocenters. The number of hydrogen-bond donors (Lipinski definition) is 3. The van der Waals surface area contributed by atoms with E-state index in [0.717, 1.165) is 35.6 Å². The molecule has 32 heavy (non-hydrogen) atoms. The fourth-order valence-electron chi connectivity index (χ4n) is 3.62. The van der Waals surface area contributed by atoms with Crippen molar-refractivity contribution < 1.29 is 9.53 Å². The lowest BCUT2D eigenvalue weighted by molar-refractivity contribution is -0.121. The van der Waals surface area contributed by atoms with Crippen LogP contribution in [0, 0.1) is 5.92 Å². The van der Waals surface area contributed by atoms with Crippen LogP contribution in [0.2, 0.25) is 0 Å². The van der Waals surface area contributed by atoms with Gasteiger partial charge in [0, 0.05) is 19.3 Å². The Morgan fingerprint density at radius 3 is 2.56 bits per heavy atom. The molecule has 6 heteroatoms. The van der Waals surface area contributed by atoms with Crippen molar-refractivity contribution >= 4 is 5.91 Å². The Morgan fingerprint density at radius 1 is 1.09 bits per heavy atom. The lowest BCUT2D eigenvalue weighted by Gasteiger charge is -2.20. The third-order valence-corrected chi connectivity index (χ3v) is 5.35. The number of hydrogen-bond acceptors (Lipinski definition) is 4. The second kappa shape index (κ2) is 12.7. The predicted octanol–water partition coefficient (Wildman–Crippen LogP) is 4.41. The van der Waals surface area contributed by atoms with E-state index in [-0.39, 0.29) is 11.9 Å². The highest BCUT2D eigenvalue weighted by Crippen LogP contribution is 2.19. The maximum atomic E-state index is 12.7. The van der Waals surface area contributed by atoms with E-state index in [2.05, 4.69) is 34.7 Å². The predicted molar refractivity (Wildman–Crippen MR) is 127 cm³/mol. The third kappa shape index (κ3) is 7.85. The van der Waals surface area contributed by atoms with E-state index in [4.69, 9.17) is 4.74 Å². The van der Waals surface area contributed by atoms with Gasteiger partial charge >= 0.3 is 0 Å². The van der Waals surface area contributed by atoms with Gasteiger partial charge in [0.15, 0.2) is 0 Å². The van der Waals surface area contributed by atoms with Crippen molar-refractivity contribution in [1.29, 1.82) is 0 Å². The maximum Gasteiger partial charge on any atom is 0.224 e. The fraction of sp³-hybridized carbons (Fsp3) is 0.385. The highest BCUT2D eigenvalue weighted by atomic mass is 16.5. The molecule has 3 N–H and O–H groups in total. The number of rotatable bonds is 13. The fourth-order valence-corrected chi connectivity index (χ4v) is 3.62. The normalized spacial score (nSPS) is 12.8. The van der Waals surface area contributed by atoms with Crippen LogP contribution >= 0.6 is 0 Å². The van der Waals surface area contributed by atoms with Crippen molar-refractivity contribution in [3.63, 3.8) is 0 Å². The molecule has 0 spiro atoms. The second-order valence-corrected chi connectivity index (χ2v) is 8.25. The zero-order chi connectivity index (χ0) is 22.6. The molecule has 2 aromatic carbocycles. The van der Waals surface area contributed by atoms with Crippen molar-refractivity contribution in [1.82, 2.24) is 20.8 Å². The number of carbonyl (C=O) groups is 1. The van der Waals surface area contributed by atoms with Crippen LogP contribution < -0.4 is 15.4 Å². The van der Waals surface area contributed by atoms with Crippen molar-refractivity contribution in [3.8, 4) is 5.75 Å². The summed E-state index contributed by atoms with van der Waals surface area (Å²) in [5, 5.41) is 13.6. The van der Waals surface area contributed by atoms with Crippen LogP contribution in [0.25, 0.3) is 0 Å². The Bertz CT molecular complexity index is 911. The summed E-state index contributed by atoms with van der Waals surface area (Å²) in [6.07, 6.45) is 4.48. The van der Waals surface area contributed by atoms with Crippen LogP contribution in [0.3, 0.4) is 0 Å². The number of nitrogens with zero attached hydrogens (tertiary/aromatic N) is 1. The molecule has 170 valence electrons. The Balaban J connectivity index is 1.61. The number of benzene rings is 2. The van der Waals surface area contributed by atoms with E-state index in [9.17, 15) is 4.79 Å². The number of H-pyrrole nitrogens is 1. The number of carbonyl (C=O) groups excluding carboxylic acids is 1. The van der Waals surface area contributed by atoms with Gasteiger partial charge in [0.1, 0.15) is 5.75 Å². The van der Waals surface area contributed by atoms with E-state index in [0.29, 0.717) is 25.4 Å². The van der Waals surface area contributed by atoms with Gasteiger partial charge in [0.05, 0.1) is 24.8 Å². The average molecular weight is 435 g/mol. The molecule has 0 bridgehead atoms. The number of nitrogens with one attached hydrogen (secondary N) is 3. The highest BCUT2D eigenvalue weighted by molar-refractivity contribution is 5.79. The topological polar surface area (TPSA) is 79.0 Å². The van der Waals surface area contributed by atoms with Crippen LogP contribution in [0.1, 0.15) is 49.6 Å². The van der Waals surface area contributed by atoms with Crippen LogP contribution in [-0.4, -0.2) is 29.3 Å². The van der Waals surface area contributed by atoms with Crippen molar-refractivity contribution in [3.05, 3.63) is 83.7 Å². The first kappa shape index (κ1) is 23.5. The summed E-state index contributed by atoms with van der Waals surface area (Å²) in [5.41, 5.74) is 2.97. The standard InChI is InChI=1S/C26H34N4O2/c1-3-7-20(2)19-32-24-12-10-22(11-13-24)25(18-27-17-23-14-15-28-30-23)29-26(31)16-21-8-5-4-6-9-21/h4-6,8-15,20,25,27H,3,7,16-19H2,1-2H3,(H,28,30)(H,29,31). The highest BCUT2D eigenvalue weighted by Gasteiger charge is 2.15. The first-order valence-electron chi connectivity index (χ1n) is 11.4. The van der Waals surface area contributed by atoms with Crippen LogP contribution in [-0.2, 0) is 17.8 Å². The summed E-state index contributed by atoms with van der Waals surface area (Å²) < 4.78 is 5.93. The van der Waals surface area contributed by atoms with Crippen LogP contribution in [0.15, 0.2) is 66.9 Å². The molecule has 3 aromatic rings. The van der Waals surface area contributed by atoms with E-state index in [1.165, 1.54) is 6.42 Å². The Kier molecular flexibility index (Phi) is 9.32. The Morgan fingerprint density at radius 2 is 1.88 bits per heavy atom. The molecule has 0 aliphatic carbocycles. The van der Waals surface area contributed by atoms with Gasteiger partial charge in [-0.25, -0.2) is 0 Å². The van der Waals surface area contributed by atoms with Gasteiger partial charge in [-0.3, -0.25) is 9.89 Å². The first-order chi connectivity index (χ1) is 15.6. The summed E-state index contributed by atoms with van der Waals surface area (Å²) in [6.45, 7) is 6.35. The number of ether oxygens (including phenoxy) is 1. The van der Waals surface area contributed by atoms with Crippen LogP contribution in [0.4, 0.5) is 0 Å². The smallest absolute Gasteiger partial charge is 0.224 e. The van der Waals surface area contributed by atoms with E-state index < -0.39 is 0 Å². The maximum absolute atomic E-state index is 12.7. The van der Waals surface area contributed by atoms with Crippen molar-refractivity contribution in [2.45, 2.75) is 45.7 Å². The molecule has 0 radical (unpaired) electrons. The van der Waals surface area contributed by atoms with Crippen molar-refractivity contribution in [2.75, 3.05) is 13.2 Å². The molecule has 3 rings (SSSR count). The van der Waals surface area contributed by atoms with Gasteiger partial charge < -0.3 is 15.4 Å². The summed E-state index contributed by atoms with van der Waals surface area (Å²) >= 11 is 0. The van der Waals surface area contributed by atoms with Gasteiger partial charge in [0.25, 0.3) is 0 Å². The summed E-state index contributed by atoms with van der Waals surface area (Å²) in [5.74, 6) is 1.39. The Hall–Kier alpha value is -3.12. The Labute approximate surface area is 190 Å². The quantitative estimate of drug-likeness (QED) is 0.372. The number of amides is 1. The molecule has 6 nitrogen and oxygen atoms in total. The molecule has 0 saturated heterocycles. The second-order valence-electron chi connectivity index (χ2n) is 8.25. The number of aromatic nitrogens is 2. The molecule has 1 amide bonds.